The molecule has 0 amide bonds. The third-order valence-electron chi connectivity index (χ3n) is 6.45. The number of carboxylic acid groups (broad SMARTS) is 1. The minimum atomic E-state index is -5.08. The topological polar surface area (TPSA) is 136 Å². The maximum Gasteiger partial charge on any atom is 0.490 e. The highest BCUT2D eigenvalue weighted by atomic mass is 32.2. The lowest BCUT2D eigenvalue weighted by Gasteiger charge is -2.26. The van der Waals surface area contributed by atoms with E-state index in [-0.39, 0.29) is 5.56 Å². The van der Waals surface area contributed by atoms with Crippen LogP contribution >= 0.6 is 11.8 Å². The molecule has 1 fully saturated rings. The fraction of sp³-hybridized carbons (Fsp3) is 0.259. The van der Waals surface area contributed by atoms with E-state index in [1.54, 1.807) is 12.3 Å². The van der Waals surface area contributed by atoms with Gasteiger partial charge in [0.2, 0.25) is 0 Å². The van der Waals surface area contributed by atoms with Crippen molar-refractivity contribution >= 4 is 56.1 Å². The standard InChI is InChI=1S/C25H23FN6O2S.C2HF3O2/c26-15-1-3-17-19(13-15)21-18(5-6-28-24(21)33)23-22(17)30-25(31-23)35-16-2-4-20(29-14-16)27-7-8-32-9-11-34-12-10-32;3-2(4,5)1(6)7/h1-6,13-14H,7-12H2,(H,27,29)(H,28,33)(H,30,31);(H,6,7). The zero-order valence-corrected chi connectivity index (χ0v) is 22.6. The predicted molar refractivity (Wildman–Crippen MR) is 149 cm³/mol. The Bertz CT molecular complexity index is 1790. The van der Waals surface area contributed by atoms with Gasteiger partial charge >= 0.3 is 12.1 Å². The molecule has 1 aliphatic rings. The monoisotopic (exact) mass is 604 g/mol. The molecule has 1 aliphatic heterocycles. The van der Waals surface area contributed by atoms with Crippen LogP contribution in [-0.2, 0) is 9.53 Å². The number of rotatable bonds is 6. The number of aromatic nitrogens is 4. The average molecular weight is 605 g/mol. The van der Waals surface area contributed by atoms with E-state index in [1.807, 2.05) is 24.4 Å². The predicted octanol–water partition coefficient (Wildman–Crippen LogP) is 4.62. The third kappa shape index (κ3) is 6.64. The van der Waals surface area contributed by atoms with Crippen molar-refractivity contribution < 1.29 is 32.2 Å². The molecule has 10 nitrogen and oxygen atoms in total. The van der Waals surface area contributed by atoms with Crippen LogP contribution in [0.25, 0.3) is 32.6 Å². The van der Waals surface area contributed by atoms with Crippen LogP contribution in [0.15, 0.2) is 63.6 Å². The third-order valence-corrected chi connectivity index (χ3v) is 7.31. The highest BCUT2D eigenvalue weighted by Crippen LogP contribution is 2.35. The van der Waals surface area contributed by atoms with Crippen molar-refractivity contribution in [3.63, 3.8) is 0 Å². The number of hydrogen-bond acceptors (Lipinski definition) is 8. The summed E-state index contributed by atoms with van der Waals surface area (Å²) in [7, 11) is 0. The smallest absolute Gasteiger partial charge is 0.475 e. The number of nitrogens with one attached hydrogen (secondary N) is 3. The summed E-state index contributed by atoms with van der Waals surface area (Å²) in [6.07, 6.45) is -1.68. The number of hydrogen-bond donors (Lipinski definition) is 4. The largest absolute Gasteiger partial charge is 0.490 e. The Balaban J connectivity index is 0.000000451. The Kier molecular flexibility index (Phi) is 8.61. The van der Waals surface area contributed by atoms with Crippen LogP contribution < -0.4 is 10.9 Å². The van der Waals surface area contributed by atoms with E-state index in [1.165, 1.54) is 23.9 Å². The Morgan fingerprint density at radius 2 is 1.88 bits per heavy atom. The van der Waals surface area contributed by atoms with Crippen LogP contribution in [0.2, 0.25) is 0 Å². The van der Waals surface area contributed by atoms with Crippen molar-refractivity contribution in [3.8, 4) is 0 Å². The summed E-state index contributed by atoms with van der Waals surface area (Å²) in [5.74, 6) is -2.32. The van der Waals surface area contributed by atoms with Gasteiger partial charge in [0.1, 0.15) is 11.6 Å². The number of morpholine rings is 1. The lowest BCUT2D eigenvalue weighted by molar-refractivity contribution is -0.192. The summed E-state index contributed by atoms with van der Waals surface area (Å²) in [6, 6.07) is 10.2. The number of imidazole rings is 1. The number of nitrogens with zero attached hydrogens (tertiary/aromatic N) is 3. The summed E-state index contributed by atoms with van der Waals surface area (Å²) in [6.45, 7) is 5.31. The molecule has 0 aliphatic carbocycles. The zero-order valence-electron chi connectivity index (χ0n) is 21.8. The SMILES string of the molecule is O=C(O)C(F)(F)F.O=c1[nH]ccc2c3[nH]c(Sc4ccc(NCCN5CCOCC5)nc4)nc3c3ccc(F)cc3c12. The van der Waals surface area contributed by atoms with Crippen LogP contribution in [0, 0.1) is 5.82 Å². The first-order chi connectivity index (χ1) is 20.1. The number of anilines is 1. The lowest BCUT2D eigenvalue weighted by atomic mass is 10.0. The number of fused-ring (bicyclic) bond motifs is 6. The normalized spacial score (nSPS) is 14.2. The summed E-state index contributed by atoms with van der Waals surface area (Å²) in [5, 5.41) is 13.6. The number of aromatic amines is 2. The second-order valence-corrected chi connectivity index (χ2v) is 10.3. The Hall–Kier alpha value is -4.21. The van der Waals surface area contributed by atoms with Crippen molar-refractivity contribution in [3.05, 3.63) is 65.0 Å². The molecule has 0 saturated carbocycles. The first-order valence-electron chi connectivity index (χ1n) is 12.7. The maximum absolute atomic E-state index is 14.0. The van der Waals surface area contributed by atoms with Gasteiger partial charge in [-0.3, -0.25) is 9.69 Å². The van der Waals surface area contributed by atoms with Gasteiger partial charge < -0.3 is 25.1 Å². The Morgan fingerprint density at radius 1 is 1.12 bits per heavy atom. The van der Waals surface area contributed by atoms with Gasteiger partial charge in [0.25, 0.3) is 5.56 Å². The molecule has 0 spiro atoms. The van der Waals surface area contributed by atoms with Crippen LogP contribution in [0.5, 0.6) is 0 Å². The first kappa shape index (κ1) is 29.3. The number of aliphatic carboxylic acids is 1. The fourth-order valence-corrected chi connectivity index (χ4v) is 5.25. The molecule has 1 saturated heterocycles. The Labute approximate surface area is 239 Å². The molecule has 4 heterocycles. The lowest BCUT2D eigenvalue weighted by Crippen LogP contribution is -2.39. The van der Waals surface area contributed by atoms with Gasteiger partial charge in [-0.05, 0) is 36.4 Å². The van der Waals surface area contributed by atoms with Gasteiger partial charge in [-0.25, -0.2) is 19.2 Å². The number of halogens is 4. The molecule has 15 heteroatoms. The van der Waals surface area contributed by atoms with Crippen LogP contribution in [-0.4, -0.2) is 81.5 Å². The van der Waals surface area contributed by atoms with Crippen LogP contribution in [0.3, 0.4) is 0 Å². The first-order valence-corrected chi connectivity index (χ1v) is 13.5. The van der Waals surface area contributed by atoms with E-state index in [2.05, 4.69) is 25.2 Å². The molecule has 4 N–H and O–H groups in total. The number of H-pyrrole nitrogens is 2. The molecule has 6 rings (SSSR count). The average Bonchev–Trinajstić information content (AvgIpc) is 3.38. The van der Waals surface area contributed by atoms with Gasteiger partial charge in [0.05, 0.1) is 29.6 Å². The van der Waals surface area contributed by atoms with E-state index in [0.29, 0.717) is 26.8 Å². The maximum atomic E-state index is 14.0. The number of alkyl halides is 3. The van der Waals surface area contributed by atoms with Crippen molar-refractivity contribution in [2.24, 2.45) is 0 Å². The van der Waals surface area contributed by atoms with Gasteiger partial charge in [-0.15, -0.1) is 0 Å². The van der Waals surface area contributed by atoms with Gasteiger partial charge in [0.15, 0.2) is 5.16 Å². The highest BCUT2D eigenvalue weighted by Gasteiger charge is 2.38. The number of carboxylic acids is 1. The van der Waals surface area contributed by atoms with Crippen molar-refractivity contribution in [2.45, 2.75) is 16.2 Å². The molecule has 0 unspecified atom stereocenters. The molecular weight excluding hydrogens is 580 g/mol. The molecule has 3 aromatic heterocycles. The van der Waals surface area contributed by atoms with Crippen LogP contribution in [0.1, 0.15) is 0 Å². The second-order valence-electron chi connectivity index (χ2n) is 9.22. The van der Waals surface area contributed by atoms with Crippen molar-refractivity contribution in [2.75, 3.05) is 44.7 Å². The summed E-state index contributed by atoms with van der Waals surface area (Å²) in [4.78, 5) is 40.2. The molecular formula is C27H24F4N6O4S. The molecule has 2 aromatic carbocycles. The fourth-order valence-electron chi connectivity index (χ4n) is 4.50. The number of benzene rings is 2. The number of carbonyl (C=O) groups is 1. The molecule has 0 bridgehead atoms. The Morgan fingerprint density at radius 3 is 2.57 bits per heavy atom. The van der Waals surface area contributed by atoms with E-state index in [0.717, 1.165) is 61.0 Å². The highest BCUT2D eigenvalue weighted by molar-refractivity contribution is 7.99. The number of pyridine rings is 2. The van der Waals surface area contributed by atoms with E-state index >= 15 is 0 Å². The second kappa shape index (κ2) is 12.3. The quantitative estimate of drug-likeness (QED) is 0.162. The van der Waals surface area contributed by atoms with Crippen molar-refractivity contribution in [1.82, 2.24) is 24.8 Å². The van der Waals surface area contributed by atoms with Crippen LogP contribution in [0.4, 0.5) is 23.4 Å². The van der Waals surface area contributed by atoms with E-state index < -0.39 is 18.0 Å². The molecule has 5 aromatic rings. The molecule has 220 valence electrons. The molecule has 0 radical (unpaired) electrons. The van der Waals surface area contributed by atoms with Gasteiger partial charge in [-0.2, -0.15) is 13.2 Å². The minimum absolute atomic E-state index is 0.260. The summed E-state index contributed by atoms with van der Waals surface area (Å²) in [5.41, 5.74) is 1.20. The van der Waals surface area contributed by atoms with Gasteiger partial charge in [0, 0.05) is 59.6 Å². The molecule has 42 heavy (non-hydrogen) atoms. The van der Waals surface area contributed by atoms with E-state index in [4.69, 9.17) is 19.6 Å². The van der Waals surface area contributed by atoms with Gasteiger partial charge in [-0.1, -0.05) is 11.8 Å². The summed E-state index contributed by atoms with van der Waals surface area (Å²) >= 11 is 1.45. The zero-order chi connectivity index (χ0) is 29.9. The summed E-state index contributed by atoms with van der Waals surface area (Å²) < 4.78 is 51.1. The van der Waals surface area contributed by atoms with E-state index in [9.17, 15) is 22.4 Å². The minimum Gasteiger partial charge on any atom is -0.475 e. The van der Waals surface area contributed by atoms with Crippen molar-refractivity contribution in [1.29, 1.82) is 0 Å². The number of ether oxygens (including phenoxy) is 1. The molecule has 0 atom stereocenters.